The van der Waals surface area contributed by atoms with E-state index >= 15 is 0 Å². The number of ketones is 2. The molecule has 1 saturated carbocycles. The molecular formula is C25H26FNO3. The fourth-order valence-electron chi connectivity index (χ4n) is 4.75. The number of carbonyl (C=O) groups excluding carboxylic acids is 2. The molecule has 0 saturated heterocycles. The van der Waals surface area contributed by atoms with Crippen LogP contribution in [-0.4, -0.2) is 21.7 Å². The normalized spacial score (nSPS) is 18.0. The van der Waals surface area contributed by atoms with E-state index in [1.165, 1.54) is 12.1 Å². The van der Waals surface area contributed by atoms with Crippen molar-refractivity contribution in [3.05, 3.63) is 69.8 Å². The fourth-order valence-corrected chi connectivity index (χ4v) is 4.75. The molecule has 0 atom stereocenters. The Kier molecular flexibility index (Phi) is 5.31. The summed E-state index contributed by atoms with van der Waals surface area (Å²) in [6, 6.07) is 4.42. The smallest absolute Gasteiger partial charge is 0.196 e. The van der Waals surface area contributed by atoms with Gasteiger partial charge in [-0.3, -0.25) is 14.6 Å². The second kappa shape index (κ2) is 7.78. The van der Waals surface area contributed by atoms with E-state index in [2.05, 4.69) is 11.9 Å². The molecule has 2 aromatic rings. The summed E-state index contributed by atoms with van der Waals surface area (Å²) in [7, 11) is 0. The Balaban J connectivity index is 1.57. The largest absolute Gasteiger partial charge is 0.508 e. The SMILES string of the molecule is Cc1cc2c(cn1)CC=C(C(=O)Cc1cc(O)c(C3(C)CCCCC3)cc1F)C2=O. The molecular weight excluding hydrogens is 381 g/mol. The lowest BCUT2D eigenvalue weighted by Crippen LogP contribution is -2.25. The lowest BCUT2D eigenvalue weighted by atomic mass is 9.70. The third-order valence-corrected chi connectivity index (χ3v) is 6.56. The summed E-state index contributed by atoms with van der Waals surface area (Å²) in [5, 5.41) is 10.6. The molecule has 2 aliphatic carbocycles. The van der Waals surface area contributed by atoms with Crippen LogP contribution in [0.1, 0.15) is 71.8 Å². The van der Waals surface area contributed by atoms with Crippen LogP contribution in [-0.2, 0) is 23.1 Å². The summed E-state index contributed by atoms with van der Waals surface area (Å²) in [5.41, 5.74) is 2.54. The summed E-state index contributed by atoms with van der Waals surface area (Å²) in [4.78, 5) is 29.8. The number of aromatic nitrogens is 1. The maximum Gasteiger partial charge on any atom is 0.196 e. The van der Waals surface area contributed by atoms with Gasteiger partial charge in [0.05, 0.1) is 5.57 Å². The van der Waals surface area contributed by atoms with Gasteiger partial charge in [-0.25, -0.2) is 4.39 Å². The van der Waals surface area contributed by atoms with E-state index in [1.54, 1.807) is 25.3 Å². The summed E-state index contributed by atoms with van der Waals surface area (Å²) < 4.78 is 14.9. The van der Waals surface area contributed by atoms with Crippen LogP contribution in [0, 0.1) is 12.7 Å². The third kappa shape index (κ3) is 3.69. The van der Waals surface area contributed by atoms with Gasteiger partial charge in [0.25, 0.3) is 0 Å². The van der Waals surface area contributed by atoms with E-state index in [0.29, 0.717) is 23.2 Å². The van der Waals surface area contributed by atoms with E-state index < -0.39 is 11.6 Å². The van der Waals surface area contributed by atoms with Crippen molar-refractivity contribution in [3.63, 3.8) is 0 Å². The van der Waals surface area contributed by atoms with Crippen molar-refractivity contribution >= 4 is 11.6 Å². The Bertz CT molecular complexity index is 1060. The molecule has 1 aromatic heterocycles. The minimum absolute atomic E-state index is 0.0274. The van der Waals surface area contributed by atoms with Crippen molar-refractivity contribution in [3.8, 4) is 5.75 Å². The zero-order chi connectivity index (χ0) is 21.5. The topological polar surface area (TPSA) is 67.3 Å². The molecule has 2 aliphatic rings. The molecule has 0 bridgehead atoms. The van der Waals surface area contributed by atoms with E-state index in [9.17, 15) is 19.1 Å². The average molecular weight is 407 g/mol. The van der Waals surface area contributed by atoms with Crippen LogP contribution in [0.5, 0.6) is 5.75 Å². The minimum atomic E-state index is -0.507. The molecule has 1 aromatic carbocycles. The first-order chi connectivity index (χ1) is 14.3. The van der Waals surface area contributed by atoms with Gasteiger partial charge in [0, 0.05) is 29.4 Å². The maximum absolute atomic E-state index is 14.9. The van der Waals surface area contributed by atoms with E-state index in [-0.39, 0.29) is 34.5 Å². The van der Waals surface area contributed by atoms with Crippen LogP contribution in [0.2, 0.25) is 0 Å². The van der Waals surface area contributed by atoms with Crippen molar-refractivity contribution < 1.29 is 19.1 Å². The van der Waals surface area contributed by atoms with Crippen molar-refractivity contribution in [1.29, 1.82) is 0 Å². The highest BCUT2D eigenvalue weighted by atomic mass is 19.1. The molecule has 0 aliphatic heterocycles. The number of fused-ring (bicyclic) bond motifs is 1. The monoisotopic (exact) mass is 407 g/mol. The second-order valence-electron chi connectivity index (χ2n) is 8.82. The molecule has 30 heavy (non-hydrogen) atoms. The highest BCUT2D eigenvalue weighted by Crippen LogP contribution is 2.43. The predicted molar refractivity (Wildman–Crippen MR) is 112 cm³/mol. The molecule has 0 unspecified atom stereocenters. The minimum Gasteiger partial charge on any atom is -0.508 e. The summed E-state index contributed by atoms with van der Waals surface area (Å²) in [6.07, 6.45) is 8.54. The lowest BCUT2D eigenvalue weighted by molar-refractivity contribution is -0.114. The number of rotatable bonds is 4. The number of carbonyl (C=O) groups is 2. The zero-order valence-electron chi connectivity index (χ0n) is 17.4. The van der Waals surface area contributed by atoms with Crippen molar-refractivity contribution in [1.82, 2.24) is 4.98 Å². The number of phenols is 1. The number of Topliss-reactive ketones (excluding diaryl/α,β-unsaturated/α-hetero) is 2. The van der Waals surface area contributed by atoms with E-state index in [4.69, 9.17) is 0 Å². The highest BCUT2D eigenvalue weighted by Gasteiger charge is 2.33. The van der Waals surface area contributed by atoms with Gasteiger partial charge in [-0.05, 0) is 60.9 Å². The number of aromatic hydroxyl groups is 1. The first kappa shape index (κ1) is 20.5. The first-order valence-electron chi connectivity index (χ1n) is 10.5. The van der Waals surface area contributed by atoms with Gasteiger partial charge in [0.1, 0.15) is 11.6 Å². The van der Waals surface area contributed by atoms with Gasteiger partial charge in [-0.1, -0.05) is 32.3 Å². The summed E-state index contributed by atoms with van der Waals surface area (Å²) in [6.45, 7) is 3.85. The molecule has 5 heteroatoms. The quantitative estimate of drug-likeness (QED) is 0.730. The molecule has 1 N–H and O–H groups in total. The molecule has 1 heterocycles. The first-order valence-corrected chi connectivity index (χ1v) is 10.5. The van der Waals surface area contributed by atoms with Gasteiger partial charge in [0.2, 0.25) is 0 Å². The fraction of sp³-hybridized carbons (Fsp3) is 0.400. The van der Waals surface area contributed by atoms with Crippen molar-refractivity contribution in [2.45, 2.75) is 64.2 Å². The molecule has 4 rings (SSSR count). The molecule has 0 spiro atoms. The number of hydrogen-bond acceptors (Lipinski definition) is 4. The molecule has 156 valence electrons. The van der Waals surface area contributed by atoms with Crippen molar-refractivity contribution in [2.75, 3.05) is 0 Å². The van der Waals surface area contributed by atoms with E-state index in [0.717, 1.165) is 37.7 Å². The van der Waals surface area contributed by atoms with Gasteiger partial charge < -0.3 is 5.11 Å². The number of hydrogen-bond donors (Lipinski definition) is 1. The van der Waals surface area contributed by atoms with Gasteiger partial charge in [-0.15, -0.1) is 0 Å². The maximum atomic E-state index is 14.9. The predicted octanol–water partition coefficient (Wildman–Crippen LogP) is 4.93. The Morgan fingerprint density at radius 1 is 1.20 bits per heavy atom. The van der Waals surface area contributed by atoms with Gasteiger partial charge in [0.15, 0.2) is 11.6 Å². The average Bonchev–Trinajstić information content (AvgIpc) is 2.71. The van der Waals surface area contributed by atoms with E-state index in [1.807, 2.05) is 0 Å². The van der Waals surface area contributed by atoms with Gasteiger partial charge in [-0.2, -0.15) is 0 Å². The lowest BCUT2D eigenvalue weighted by Gasteiger charge is -2.34. The standard InChI is InChI=1S/C25H26FNO3/c1-15-10-19-16(14-27-15)6-7-18(24(19)30)22(28)11-17-12-23(29)20(13-21(17)26)25(2)8-4-3-5-9-25/h7,10,12-14,29H,3-6,8-9,11H2,1-2H3. The Morgan fingerprint density at radius 3 is 2.67 bits per heavy atom. The molecule has 0 radical (unpaired) electrons. The zero-order valence-corrected chi connectivity index (χ0v) is 17.4. The Morgan fingerprint density at radius 2 is 1.93 bits per heavy atom. The Labute approximate surface area is 175 Å². The number of pyridine rings is 1. The molecule has 4 nitrogen and oxygen atoms in total. The highest BCUT2D eigenvalue weighted by molar-refractivity contribution is 6.27. The van der Waals surface area contributed by atoms with Crippen LogP contribution in [0.15, 0.2) is 36.0 Å². The second-order valence-corrected chi connectivity index (χ2v) is 8.82. The number of allylic oxidation sites excluding steroid dienone is 2. The third-order valence-electron chi connectivity index (χ3n) is 6.56. The summed E-state index contributed by atoms with van der Waals surface area (Å²) in [5.74, 6) is -1.26. The van der Waals surface area contributed by atoms with Gasteiger partial charge >= 0.3 is 0 Å². The number of halogens is 1. The molecule has 0 amide bonds. The van der Waals surface area contributed by atoms with Crippen molar-refractivity contribution in [2.24, 2.45) is 0 Å². The van der Waals surface area contributed by atoms with Crippen LogP contribution >= 0.6 is 0 Å². The molecule has 1 fully saturated rings. The number of aryl methyl sites for hydroxylation is 1. The van der Waals surface area contributed by atoms with Crippen LogP contribution in [0.3, 0.4) is 0 Å². The number of phenolic OH excluding ortho intramolecular Hbond substituents is 1. The van der Waals surface area contributed by atoms with Crippen LogP contribution in [0.4, 0.5) is 4.39 Å². The van der Waals surface area contributed by atoms with Crippen LogP contribution in [0.25, 0.3) is 0 Å². The number of benzene rings is 1. The summed E-state index contributed by atoms with van der Waals surface area (Å²) >= 11 is 0. The Hall–Kier alpha value is -2.82. The number of nitrogens with zero attached hydrogens (tertiary/aromatic N) is 1. The van der Waals surface area contributed by atoms with Crippen LogP contribution < -0.4 is 0 Å².